The topological polar surface area (TPSA) is 99.5 Å². The Morgan fingerprint density at radius 3 is 2.85 bits per heavy atom. The lowest BCUT2D eigenvalue weighted by atomic mass is 10.1. The van der Waals surface area contributed by atoms with Gasteiger partial charge in [0.2, 0.25) is 0 Å². The van der Waals surface area contributed by atoms with Crippen molar-refractivity contribution in [1.82, 2.24) is 4.90 Å². The molecule has 2 heterocycles. The Bertz CT molecular complexity index is 421. The van der Waals surface area contributed by atoms with Crippen molar-refractivity contribution >= 4 is 5.97 Å². The maximum Gasteiger partial charge on any atom is 0.335 e. The number of aliphatic hydroxyl groups excluding tert-OH is 3. The van der Waals surface area contributed by atoms with E-state index >= 15 is 0 Å². The van der Waals surface area contributed by atoms with E-state index in [1.807, 2.05) is 0 Å². The van der Waals surface area contributed by atoms with Crippen molar-refractivity contribution < 1.29 is 29.6 Å². The first-order valence-electron chi connectivity index (χ1n) is 6.52. The molecule has 0 bridgehead atoms. The van der Waals surface area contributed by atoms with Crippen LogP contribution in [0.15, 0.2) is 24.0 Å². The molecule has 3 N–H and O–H groups in total. The third kappa shape index (κ3) is 2.85. The zero-order valence-corrected chi connectivity index (χ0v) is 11.2. The van der Waals surface area contributed by atoms with E-state index in [9.17, 15) is 15.0 Å². The summed E-state index contributed by atoms with van der Waals surface area (Å²) in [5.41, 5.74) is 0.437. The van der Waals surface area contributed by atoms with E-state index in [-0.39, 0.29) is 13.2 Å². The second-order valence-corrected chi connectivity index (χ2v) is 4.64. The number of rotatable bonds is 4. The van der Waals surface area contributed by atoms with Crippen LogP contribution in [0, 0.1) is 0 Å². The van der Waals surface area contributed by atoms with Crippen molar-refractivity contribution in [2.24, 2.45) is 0 Å². The lowest BCUT2D eigenvalue weighted by Crippen LogP contribution is -2.40. The number of nitrogens with zero attached hydrogens (tertiary/aromatic N) is 1. The minimum absolute atomic E-state index is 0.285. The minimum atomic E-state index is -1.17. The largest absolute Gasteiger partial charge is 0.463 e. The molecule has 1 fully saturated rings. The quantitative estimate of drug-likeness (QED) is 0.575. The number of hydrogen-bond acceptors (Lipinski definition) is 7. The monoisotopic (exact) mass is 285 g/mol. The van der Waals surface area contributed by atoms with Crippen LogP contribution in [0.1, 0.15) is 13.3 Å². The Balaban J connectivity index is 2.10. The highest BCUT2D eigenvalue weighted by Crippen LogP contribution is 2.27. The van der Waals surface area contributed by atoms with Gasteiger partial charge in [-0.1, -0.05) is 6.08 Å². The van der Waals surface area contributed by atoms with E-state index in [0.29, 0.717) is 12.0 Å². The van der Waals surface area contributed by atoms with E-state index in [0.717, 1.165) is 0 Å². The van der Waals surface area contributed by atoms with Crippen LogP contribution in [-0.4, -0.2) is 63.9 Å². The maximum absolute atomic E-state index is 11.7. The molecule has 7 heteroatoms. The molecule has 2 aliphatic heterocycles. The van der Waals surface area contributed by atoms with Crippen LogP contribution in [0.3, 0.4) is 0 Å². The van der Waals surface area contributed by atoms with Gasteiger partial charge >= 0.3 is 5.97 Å². The Labute approximate surface area is 116 Å². The summed E-state index contributed by atoms with van der Waals surface area (Å²) in [5.74, 6) is -0.423. The lowest BCUT2D eigenvalue weighted by Gasteiger charge is -2.28. The van der Waals surface area contributed by atoms with Gasteiger partial charge in [0.05, 0.1) is 18.8 Å². The summed E-state index contributed by atoms with van der Waals surface area (Å²) in [7, 11) is 0. The van der Waals surface area contributed by atoms with E-state index in [1.54, 1.807) is 19.2 Å². The van der Waals surface area contributed by atoms with Crippen molar-refractivity contribution in [3.63, 3.8) is 0 Å². The smallest absolute Gasteiger partial charge is 0.335 e. The van der Waals surface area contributed by atoms with E-state index < -0.39 is 30.5 Å². The number of ether oxygens (including phenoxy) is 2. The molecule has 0 spiro atoms. The third-order valence-electron chi connectivity index (χ3n) is 3.27. The summed E-state index contributed by atoms with van der Waals surface area (Å²) in [5, 5.41) is 28.7. The SMILES string of the molecule is CCOC(=O)C1=CN([C@@H]2O[C@H](CO)[C@@H](O)[C@H]2O)C=CC1. The van der Waals surface area contributed by atoms with Gasteiger partial charge in [-0.2, -0.15) is 0 Å². The average molecular weight is 285 g/mol. The highest BCUT2D eigenvalue weighted by Gasteiger charge is 2.44. The van der Waals surface area contributed by atoms with E-state index in [2.05, 4.69) is 0 Å². The lowest BCUT2D eigenvalue weighted by molar-refractivity contribution is -0.138. The summed E-state index contributed by atoms with van der Waals surface area (Å²) in [4.78, 5) is 13.2. The first-order valence-corrected chi connectivity index (χ1v) is 6.52. The molecule has 1 saturated heterocycles. The number of carbonyl (C=O) groups is 1. The zero-order valence-electron chi connectivity index (χ0n) is 11.2. The van der Waals surface area contributed by atoms with Gasteiger partial charge in [-0.25, -0.2) is 4.79 Å². The molecule has 2 rings (SSSR count). The van der Waals surface area contributed by atoms with Gasteiger partial charge < -0.3 is 29.7 Å². The summed E-state index contributed by atoms with van der Waals surface area (Å²) >= 11 is 0. The number of carbonyl (C=O) groups excluding carboxylic acids is 1. The first-order chi connectivity index (χ1) is 9.58. The Kier molecular flexibility index (Phi) is 4.77. The van der Waals surface area contributed by atoms with Gasteiger partial charge in [-0.05, 0) is 6.92 Å². The molecule has 20 heavy (non-hydrogen) atoms. The van der Waals surface area contributed by atoms with Crippen molar-refractivity contribution in [2.45, 2.75) is 37.9 Å². The molecule has 0 radical (unpaired) electrons. The van der Waals surface area contributed by atoms with Crippen LogP contribution in [-0.2, 0) is 14.3 Å². The number of hydrogen-bond donors (Lipinski definition) is 3. The molecule has 0 aliphatic carbocycles. The van der Waals surface area contributed by atoms with Crippen LogP contribution < -0.4 is 0 Å². The fraction of sp³-hybridized carbons (Fsp3) is 0.615. The summed E-state index contributed by atoms with van der Waals surface area (Å²) in [6, 6.07) is 0. The van der Waals surface area contributed by atoms with Crippen LogP contribution in [0.25, 0.3) is 0 Å². The molecular formula is C13H19NO6. The maximum atomic E-state index is 11.7. The highest BCUT2D eigenvalue weighted by molar-refractivity contribution is 5.88. The molecule has 0 saturated carbocycles. The second kappa shape index (κ2) is 6.36. The minimum Gasteiger partial charge on any atom is -0.463 e. The standard InChI is InChI=1S/C13H19NO6/c1-2-19-13(18)8-4-3-5-14(6-8)12-11(17)10(16)9(7-15)20-12/h3,5-6,9-12,15-17H,2,4,7H2,1H3/t9-,10-,11-,12-/m1/s1. The van der Waals surface area contributed by atoms with Crippen LogP contribution in [0.4, 0.5) is 0 Å². The number of allylic oxidation sites excluding steroid dienone is 1. The third-order valence-corrected chi connectivity index (χ3v) is 3.27. The molecule has 4 atom stereocenters. The molecule has 7 nitrogen and oxygen atoms in total. The van der Waals surface area contributed by atoms with Crippen molar-refractivity contribution in [3.05, 3.63) is 24.0 Å². The van der Waals surface area contributed by atoms with Gasteiger partial charge in [0.1, 0.15) is 18.3 Å². The fourth-order valence-electron chi connectivity index (χ4n) is 2.22. The number of esters is 1. The molecular weight excluding hydrogens is 266 g/mol. The van der Waals surface area contributed by atoms with Crippen LogP contribution in [0.5, 0.6) is 0 Å². The second-order valence-electron chi connectivity index (χ2n) is 4.64. The molecule has 0 aromatic carbocycles. The van der Waals surface area contributed by atoms with Gasteiger partial charge in [-0.3, -0.25) is 0 Å². The van der Waals surface area contributed by atoms with Crippen molar-refractivity contribution in [2.75, 3.05) is 13.2 Å². The van der Waals surface area contributed by atoms with Gasteiger partial charge in [0.25, 0.3) is 0 Å². The molecule has 0 amide bonds. The molecule has 2 aliphatic rings. The molecule has 112 valence electrons. The highest BCUT2D eigenvalue weighted by atomic mass is 16.6. The summed E-state index contributed by atoms with van der Waals surface area (Å²) in [6.45, 7) is 1.62. The summed E-state index contributed by atoms with van der Waals surface area (Å²) in [6.07, 6.45) is 1.33. The summed E-state index contributed by atoms with van der Waals surface area (Å²) < 4.78 is 10.3. The first kappa shape index (κ1) is 15.0. The normalized spacial score (nSPS) is 33.2. The Morgan fingerprint density at radius 2 is 2.25 bits per heavy atom. The van der Waals surface area contributed by atoms with Gasteiger partial charge in [0, 0.05) is 18.8 Å². The molecule has 0 aromatic heterocycles. The molecule has 0 aromatic rings. The zero-order chi connectivity index (χ0) is 14.7. The van der Waals surface area contributed by atoms with E-state index in [4.69, 9.17) is 14.6 Å². The Hall–Kier alpha value is -1.41. The van der Waals surface area contributed by atoms with Gasteiger partial charge in [-0.15, -0.1) is 0 Å². The van der Waals surface area contributed by atoms with Crippen LogP contribution in [0.2, 0.25) is 0 Å². The molecule has 0 unspecified atom stereocenters. The average Bonchev–Trinajstić information content (AvgIpc) is 2.75. The van der Waals surface area contributed by atoms with Crippen molar-refractivity contribution in [1.29, 1.82) is 0 Å². The van der Waals surface area contributed by atoms with Crippen molar-refractivity contribution in [3.8, 4) is 0 Å². The van der Waals surface area contributed by atoms with Gasteiger partial charge in [0.15, 0.2) is 6.23 Å². The van der Waals surface area contributed by atoms with Crippen LogP contribution >= 0.6 is 0 Å². The Morgan fingerprint density at radius 1 is 1.50 bits per heavy atom. The fourth-order valence-corrected chi connectivity index (χ4v) is 2.22. The predicted molar refractivity (Wildman–Crippen MR) is 68.1 cm³/mol. The van der Waals surface area contributed by atoms with E-state index in [1.165, 1.54) is 11.1 Å². The predicted octanol–water partition coefficient (Wildman–Crippen LogP) is -0.908. The number of aliphatic hydroxyl groups is 3.